The van der Waals surface area contributed by atoms with Gasteiger partial charge in [-0.15, -0.1) is 11.3 Å². The Morgan fingerprint density at radius 3 is 2.75 bits per heavy atom. The Hall–Kier alpha value is -3.05. The number of aromatic nitrogens is 1. The summed E-state index contributed by atoms with van der Waals surface area (Å²) >= 11 is 1.46. The molecular formula is C34H42FN3O5S. The van der Waals surface area contributed by atoms with E-state index in [-0.39, 0.29) is 5.82 Å². The van der Waals surface area contributed by atoms with Crippen LogP contribution in [0.25, 0.3) is 11.3 Å². The van der Waals surface area contributed by atoms with Crippen molar-refractivity contribution in [2.24, 2.45) is 5.92 Å². The number of carbonyl (C=O) groups is 1. The molecule has 0 amide bonds. The van der Waals surface area contributed by atoms with Crippen molar-refractivity contribution in [3.8, 4) is 17.0 Å². The number of anilines is 1. The molecule has 2 saturated heterocycles. The highest BCUT2D eigenvalue weighted by Crippen LogP contribution is 2.38. The molecule has 3 atom stereocenters. The number of methoxy groups -OCH3 is 1. The second-order valence-electron chi connectivity index (χ2n) is 12.4. The van der Waals surface area contributed by atoms with Gasteiger partial charge in [0.2, 0.25) is 0 Å². The van der Waals surface area contributed by atoms with Crippen LogP contribution in [0.3, 0.4) is 0 Å². The molecule has 236 valence electrons. The van der Waals surface area contributed by atoms with Gasteiger partial charge in [-0.05, 0) is 72.9 Å². The minimum absolute atomic E-state index is 0.339. The van der Waals surface area contributed by atoms with Gasteiger partial charge < -0.3 is 24.2 Å². The fourth-order valence-corrected chi connectivity index (χ4v) is 7.88. The van der Waals surface area contributed by atoms with Crippen LogP contribution in [0.4, 0.5) is 9.52 Å². The predicted molar refractivity (Wildman–Crippen MR) is 169 cm³/mol. The first kappa shape index (κ1) is 31.0. The van der Waals surface area contributed by atoms with Crippen molar-refractivity contribution < 1.29 is 28.5 Å². The van der Waals surface area contributed by atoms with E-state index in [2.05, 4.69) is 34.9 Å². The predicted octanol–water partition coefficient (Wildman–Crippen LogP) is 5.90. The lowest BCUT2D eigenvalue weighted by molar-refractivity contribution is -0.147. The third kappa shape index (κ3) is 6.63. The van der Waals surface area contributed by atoms with Crippen LogP contribution in [-0.2, 0) is 27.3 Å². The van der Waals surface area contributed by atoms with Crippen LogP contribution in [0.2, 0.25) is 0 Å². The van der Waals surface area contributed by atoms with Crippen LogP contribution in [0.1, 0.15) is 54.4 Å². The first-order valence-electron chi connectivity index (χ1n) is 15.6. The van der Waals surface area contributed by atoms with Crippen molar-refractivity contribution in [3.05, 3.63) is 63.8 Å². The van der Waals surface area contributed by atoms with Gasteiger partial charge in [-0.25, -0.2) is 9.37 Å². The molecule has 2 aromatic carbocycles. The summed E-state index contributed by atoms with van der Waals surface area (Å²) in [6.07, 6.45) is 3.32. The molecule has 0 spiro atoms. The van der Waals surface area contributed by atoms with Crippen molar-refractivity contribution >= 4 is 22.4 Å². The summed E-state index contributed by atoms with van der Waals surface area (Å²) in [6.45, 7) is 9.41. The largest absolute Gasteiger partial charge is 0.488 e. The summed E-state index contributed by atoms with van der Waals surface area (Å²) in [5.74, 6) is -0.673. The second kappa shape index (κ2) is 13.5. The summed E-state index contributed by atoms with van der Waals surface area (Å²) in [6, 6.07) is 10.3. The van der Waals surface area contributed by atoms with Gasteiger partial charge in [0.05, 0.1) is 17.7 Å². The number of carboxylic acids is 1. The number of halogens is 1. The van der Waals surface area contributed by atoms with E-state index in [1.54, 1.807) is 7.11 Å². The average Bonchev–Trinajstić information content (AvgIpc) is 3.46. The van der Waals surface area contributed by atoms with Gasteiger partial charge in [-0.3, -0.25) is 9.69 Å². The Bertz CT molecular complexity index is 1480. The quantitative estimate of drug-likeness (QED) is 0.332. The SMILES string of the molecule is CO[C@@H]1CN(c2nc(-c3cc(F)cc(C)c3OCc3ccc4c(c3)[C@H](C)CN(C3CCOCC3)CC4)cs2)CC[C@@H]1C(=O)O. The molecule has 6 rings (SSSR count). The van der Waals surface area contributed by atoms with Crippen LogP contribution < -0.4 is 9.64 Å². The number of aliphatic carboxylic acids is 1. The molecular weight excluding hydrogens is 581 g/mol. The van der Waals surface area contributed by atoms with Crippen LogP contribution in [0.5, 0.6) is 5.75 Å². The number of piperidine rings is 1. The third-order valence-electron chi connectivity index (χ3n) is 9.47. The summed E-state index contributed by atoms with van der Waals surface area (Å²) < 4.78 is 32.2. The van der Waals surface area contributed by atoms with E-state index in [9.17, 15) is 14.3 Å². The van der Waals surface area contributed by atoms with Crippen LogP contribution in [0, 0.1) is 18.7 Å². The topological polar surface area (TPSA) is 84.4 Å². The van der Waals surface area contributed by atoms with Crippen molar-refractivity contribution in [1.29, 1.82) is 0 Å². The molecule has 3 aromatic rings. The van der Waals surface area contributed by atoms with Gasteiger partial charge in [-0.2, -0.15) is 0 Å². The molecule has 0 bridgehead atoms. The minimum atomic E-state index is -0.839. The monoisotopic (exact) mass is 623 g/mol. The maximum absolute atomic E-state index is 14.7. The van der Waals surface area contributed by atoms with E-state index >= 15 is 0 Å². The number of ether oxygens (including phenoxy) is 3. The van der Waals surface area contributed by atoms with Gasteiger partial charge >= 0.3 is 5.97 Å². The Morgan fingerprint density at radius 1 is 1.16 bits per heavy atom. The standard InChI is InChI=1S/C34H42FN3O5S/c1-21-14-25(35)16-29(30-20-44-34(36-30)38-11-7-27(33(39)40)31(18-38)41-3)32(21)43-19-23-4-5-24-6-10-37(17-22(2)28(24)15-23)26-8-12-42-13-9-26/h4-5,14-16,20,22,26-27,31H,6-13,17-19H2,1-3H3,(H,39,40)/t22-,27+,31-/m1/s1. The lowest BCUT2D eigenvalue weighted by Crippen LogP contribution is -2.47. The van der Waals surface area contributed by atoms with Gasteiger partial charge in [-0.1, -0.05) is 25.1 Å². The third-order valence-corrected chi connectivity index (χ3v) is 10.4. The highest BCUT2D eigenvalue weighted by molar-refractivity contribution is 7.14. The first-order chi connectivity index (χ1) is 21.3. The number of thiazole rings is 1. The Morgan fingerprint density at radius 2 is 1.98 bits per heavy atom. The molecule has 1 aromatic heterocycles. The number of carboxylic acid groups (broad SMARTS) is 1. The molecule has 3 aliphatic heterocycles. The fraction of sp³-hybridized carbons (Fsp3) is 0.529. The average molecular weight is 624 g/mol. The Balaban J connectivity index is 1.18. The van der Waals surface area contributed by atoms with Gasteiger partial charge in [0.25, 0.3) is 0 Å². The van der Waals surface area contributed by atoms with Gasteiger partial charge in [0, 0.05) is 63.5 Å². The number of aryl methyl sites for hydroxylation is 1. The number of fused-ring (bicyclic) bond motifs is 1. The molecule has 44 heavy (non-hydrogen) atoms. The number of benzene rings is 2. The van der Waals surface area contributed by atoms with E-state index in [0.717, 1.165) is 56.3 Å². The lowest BCUT2D eigenvalue weighted by Gasteiger charge is -2.35. The summed E-state index contributed by atoms with van der Waals surface area (Å²) in [5.41, 5.74) is 5.86. The van der Waals surface area contributed by atoms with E-state index in [0.29, 0.717) is 60.6 Å². The van der Waals surface area contributed by atoms with E-state index in [4.69, 9.17) is 19.2 Å². The second-order valence-corrected chi connectivity index (χ2v) is 13.2. The summed E-state index contributed by atoms with van der Waals surface area (Å²) in [4.78, 5) is 21.2. The molecule has 0 radical (unpaired) electrons. The molecule has 8 nitrogen and oxygen atoms in total. The lowest BCUT2D eigenvalue weighted by atomic mass is 9.93. The van der Waals surface area contributed by atoms with Crippen LogP contribution >= 0.6 is 11.3 Å². The molecule has 3 aliphatic rings. The fourth-order valence-electron chi connectivity index (χ4n) is 7.02. The number of hydrogen-bond acceptors (Lipinski definition) is 8. The molecule has 4 heterocycles. The summed E-state index contributed by atoms with van der Waals surface area (Å²) in [7, 11) is 1.54. The van der Waals surface area contributed by atoms with Crippen molar-refractivity contribution in [2.45, 2.75) is 64.2 Å². The van der Waals surface area contributed by atoms with E-state index < -0.39 is 18.0 Å². The highest BCUT2D eigenvalue weighted by atomic mass is 32.1. The molecule has 0 unspecified atom stereocenters. The Labute approximate surface area is 262 Å². The van der Waals surface area contributed by atoms with Gasteiger partial charge in [0.15, 0.2) is 5.13 Å². The zero-order valence-corrected chi connectivity index (χ0v) is 26.6. The van der Waals surface area contributed by atoms with Crippen molar-refractivity contribution in [2.75, 3.05) is 51.4 Å². The Kier molecular flexibility index (Phi) is 9.51. The number of hydrogen-bond donors (Lipinski definition) is 1. The van der Waals surface area contributed by atoms with Crippen molar-refractivity contribution in [1.82, 2.24) is 9.88 Å². The van der Waals surface area contributed by atoms with Crippen molar-refractivity contribution in [3.63, 3.8) is 0 Å². The van der Waals surface area contributed by atoms with Crippen LogP contribution in [0.15, 0.2) is 35.7 Å². The zero-order chi connectivity index (χ0) is 30.8. The highest BCUT2D eigenvalue weighted by Gasteiger charge is 2.35. The van der Waals surface area contributed by atoms with E-state index in [1.807, 2.05) is 12.3 Å². The molecule has 1 N–H and O–H groups in total. The van der Waals surface area contributed by atoms with E-state index in [1.165, 1.54) is 34.6 Å². The molecule has 2 fully saturated rings. The maximum Gasteiger partial charge on any atom is 0.309 e. The molecule has 0 aliphatic carbocycles. The van der Waals surface area contributed by atoms with Gasteiger partial charge in [0.1, 0.15) is 18.2 Å². The molecule has 0 saturated carbocycles. The number of nitrogens with zero attached hydrogens (tertiary/aromatic N) is 3. The summed E-state index contributed by atoms with van der Waals surface area (Å²) in [5, 5.41) is 12.2. The molecule has 10 heteroatoms. The maximum atomic E-state index is 14.7. The normalized spacial score (nSPS) is 23.3. The first-order valence-corrected chi connectivity index (χ1v) is 16.5. The zero-order valence-electron chi connectivity index (χ0n) is 25.8. The van der Waals surface area contributed by atoms with Crippen LogP contribution in [-0.4, -0.2) is 79.6 Å². The smallest absolute Gasteiger partial charge is 0.309 e. The minimum Gasteiger partial charge on any atom is -0.488 e. The number of rotatable bonds is 8.